The van der Waals surface area contributed by atoms with Crippen LogP contribution < -0.4 is 10.1 Å². The third-order valence-corrected chi connectivity index (χ3v) is 3.52. The minimum absolute atomic E-state index is 0.110. The van der Waals surface area contributed by atoms with Gasteiger partial charge in [0.2, 0.25) is 0 Å². The molecular weight excluding hydrogens is 288 g/mol. The molecule has 1 aromatic rings. The highest BCUT2D eigenvalue weighted by Crippen LogP contribution is 2.46. The van der Waals surface area contributed by atoms with Gasteiger partial charge in [0, 0.05) is 31.7 Å². The molecule has 0 amide bonds. The van der Waals surface area contributed by atoms with Crippen LogP contribution in [0.3, 0.4) is 0 Å². The molecule has 0 fully saturated rings. The van der Waals surface area contributed by atoms with E-state index in [2.05, 4.69) is 5.32 Å². The van der Waals surface area contributed by atoms with Gasteiger partial charge in [-0.15, -0.1) is 0 Å². The Morgan fingerprint density at radius 1 is 1.55 bits per heavy atom. The first-order valence-corrected chi connectivity index (χ1v) is 7.04. The largest absolute Gasteiger partial charge is 0.486 e. The number of anilines is 1. The molecule has 1 aliphatic rings. The van der Waals surface area contributed by atoms with Crippen molar-refractivity contribution in [1.82, 2.24) is 0 Å². The summed E-state index contributed by atoms with van der Waals surface area (Å²) in [6.07, 6.45) is 0.500. The summed E-state index contributed by atoms with van der Waals surface area (Å²) in [6, 6.07) is 1.29. The van der Waals surface area contributed by atoms with E-state index in [0.717, 1.165) is 0 Å². The molecule has 1 N–H and O–H groups in total. The van der Waals surface area contributed by atoms with Crippen LogP contribution in [0.5, 0.6) is 5.75 Å². The maximum atomic E-state index is 11.8. The van der Waals surface area contributed by atoms with Gasteiger partial charge in [-0.1, -0.05) is 0 Å². The summed E-state index contributed by atoms with van der Waals surface area (Å²) in [5.74, 6) is 0.198. The van der Waals surface area contributed by atoms with Crippen molar-refractivity contribution >= 4 is 17.2 Å². The number of nitro benzene ring substituents is 1. The molecule has 0 aliphatic carbocycles. The molecular formula is C15H20N2O5. The van der Waals surface area contributed by atoms with Gasteiger partial charge < -0.3 is 14.8 Å². The summed E-state index contributed by atoms with van der Waals surface area (Å²) < 4.78 is 10.8. The highest BCUT2D eigenvalue weighted by Gasteiger charge is 2.38. The Bertz CT molecular complexity index is 625. The summed E-state index contributed by atoms with van der Waals surface area (Å²) in [5.41, 5.74) is 0.735. The van der Waals surface area contributed by atoms with Gasteiger partial charge in [0.05, 0.1) is 17.1 Å². The van der Waals surface area contributed by atoms with E-state index in [-0.39, 0.29) is 17.0 Å². The van der Waals surface area contributed by atoms with E-state index in [1.54, 1.807) is 7.11 Å². The first-order chi connectivity index (χ1) is 10.3. The number of hydrogen-bond donors (Lipinski definition) is 1. The number of nitrogens with zero attached hydrogens (tertiary/aromatic N) is 1. The molecule has 7 nitrogen and oxygen atoms in total. The summed E-state index contributed by atoms with van der Waals surface area (Å²) >= 11 is 0. The number of ether oxygens (including phenoxy) is 2. The van der Waals surface area contributed by atoms with Crippen molar-refractivity contribution < 1.29 is 19.2 Å². The first kappa shape index (κ1) is 16.2. The summed E-state index contributed by atoms with van der Waals surface area (Å²) in [6.45, 7) is 6.02. The zero-order valence-corrected chi connectivity index (χ0v) is 13.2. The molecule has 1 aromatic carbocycles. The second-order valence-electron chi connectivity index (χ2n) is 5.90. The van der Waals surface area contributed by atoms with Gasteiger partial charge >= 0.3 is 0 Å². The van der Waals surface area contributed by atoms with E-state index < -0.39 is 10.5 Å². The lowest BCUT2D eigenvalue weighted by Gasteiger charge is -2.17. The van der Waals surface area contributed by atoms with E-state index in [0.29, 0.717) is 36.6 Å². The SMILES string of the molecule is COCCNc1c([N+](=O)[O-])cc(C(C)=O)c2c1CC(C)(C)O2. The Morgan fingerprint density at radius 2 is 2.23 bits per heavy atom. The van der Waals surface area contributed by atoms with Crippen LogP contribution in [0.25, 0.3) is 0 Å². The van der Waals surface area contributed by atoms with Gasteiger partial charge in [0.1, 0.15) is 17.0 Å². The van der Waals surface area contributed by atoms with Gasteiger partial charge in [-0.3, -0.25) is 14.9 Å². The molecule has 7 heteroatoms. The van der Waals surface area contributed by atoms with Crippen molar-refractivity contribution in [2.45, 2.75) is 32.8 Å². The predicted molar refractivity (Wildman–Crippen MR) is 81.9 cm³/mol. The van der Waals surface area contributed by atoms with Gasteiger partial charge in [-0.2, -0.15) is 0 Å². The van der Waals surface area contributed by atoms with Crippen molar-refractivity contribution in [1.29, 1.82) is 0 Å². The van der Waals surface area contributed by atoms with Crippen molar-refractivity contribution in [2.24, 2.45) is 0 Å². The lowest BCUT2D eigenvalue weighted by Crippen LogP contribution is -2.25. The predicted octanol–water partition coefficient (Wildman–Crippen LogP) is 2.57. The molecule has 0 aromatic heterocycles. The fraction of sp³-hybridized carbons (Fsp3) is 0.533. The molecule has 1 aliphatic heterocycles. The van der Waals surface area contributed by atoms with Gasteiger partial charge in [-0.25, -0.2) is 0 Å². The Balaban J connectivity index is 2.59. The zero-order chi connectivity index (χ0) is 16.5. The molecule has 0 unspecified atom stereocenters. The van der Waals surface area contributed by atoms with E-state index in [4.69, 9.17) is 9.47 Å². The van der Waals surface area contributed by atoms with Gasteiger partial charge in [-0.05, 0) is 20.8 Å². The number of nitrogens with one attached hydrogen (secondary N) is 1. The fourth-order valence-electron chi connectivity index (χ4n) is 2.61. The summed E-state index contributed by atoms with van der Waals surface area (Å²) in [7, 11) is 1.56. The summed E-state index contributed by atoms with van der Waals surface area (Å²) in [4.78, 5) is 22.7. The second-order valence-corrected chi connectivity index (χ2v) is 5.90. The third kappa shape index (κ3) is 3.04. The molecule has 0 saturated heterocycles. The Hall–Kier alpha value is -2.15. The van der Waals surface area contributed by atoms with Crippen LogP contribution in [0.2, 0.25) is 0 Å². The highest BCUT2D eigenvalue weighted by molar-refractivity contribution is 6.00. The number of nitro groups is 1. The van der Waals surface area contributed by atoms with E-state index >= 15 is 0 Å². The number of methoxy groups -OCH3 is 1. The Labute approximate surface area is 128 Å². The zero-order valence-electron chi connectivity index (χ0n) is 13.2. The lowest BCUT2D eigenvalue weighted by atomic mass is 9.96. The molecule has 0 saturated carbocycles. The fourth-order valence-corrected chi connectivity index (χ4v) is 2.61. The molecule has 120 valence electrons. The van der Waals surface area contributed by atoms with E-state index in [9.17, 15) is 14.9 Å². The second kappa shape index (κ2) is 5.92. The minimum atomic E-state index is -0.501. The van der Waals surface area contributed by atoms with Crippen molar-refractivity contribution in [3.8, 4) is 5.75 Å². The van der Waals surface area contributed by atoms with Crippen LogP contribution in [0.4, 0.5) is 11.4 Å². The number of rotatable bonds is 6. The molecule has 0 radical (unpaired) electrons. The number of Topliss-reactive ketones (excluding diaryl/α,β-unsaturated/α-hetero) is 1. The maximum absolute atomic E-state index is 11.8. The van der Waals surface area contributed by atoms with Crippen LogP contribution in [-0.2, 0) is 11.2 Å². The maximum Gasteiger partial charge on any atom is 0.293 e. The van der Waals surface area contributed by atoms with Crippen LogP contribution in [0.1, 0.15) is 36.7 Å². The molecule has 0 atom stereocenters. The average Bonchev–Trinajstić information content (AvgIpc) is 2.73. The number of carbonyl (C=O) groups excluding carboxylic acids is 1. The van der Waals surface area contributed by atoms with Crippen LogP contribution in [-0.4, -0.2) is 36.6 Å². The summed E-state index contributed by atoms with van der Waals surface area (Å²) in [5, 5.41) is 14.4. The molecule has 2 rings (SSSR count). The topological polar surface area (TPSA) is 90.7 Å². The van der Waals surface area contributed by atoms with Crippen LogP contribution >= 0.6 is 0 Å². The van der Waals surface area contributed by atoms with Crippen LogP contribution in [0.15, 0.2) is 6.07 Å². The number of carbonyl (C=O) groups is 1. The highest BCUT2D eigenvalue weighted by atomic mass is 16.6. The minimum Gasteiger partial charge on any atom is -0.486 e. The third-order valence-electron chi connectivity index (χ3n) is 3.52. The van der Waals surface area contributed by atoms with Crippen LogP contribution in [0, 0.1) is 10.1 Å². The normalized spacial score (nSPS) is 15.1. The van der Waals surface area contributed by atoms with E-state index in [1.165, 1.54) is 13.0 Å². The van der Waals surface area contributed by atoms with Crippen molar-refractivity contribution in [3.63, 3.8) is 0 Å². The Morgan fingerprint density at radius 3 is 2.77 bits per heavy atom. The molecule has 0 bridgehead atoms. The monoisotopic (exact) mass is 308 g/mol. The van der Waals surface area contributed by atoms with Gasteiger partial charge in [0.25, 0.3) is 5.69 Å². The van der Waals surface area contributed by atoms with Gasteiger partial charge in [0.15, 0.2) is 5.78 Å². The number of ketones is 1. The lowest BCUT2D eigenvalue weighted by molar-refractivity contribution is -0.384. The Kier molecular flexibility index (Phi) is 4.37. The standard InChI is InChI=1S/C15H20N2O5/c1-9(18)10-7-12(17(19)20)13(16-5-6-21-4)11-8-15(2,3)22-14(10)11/h7,16H,5-6,8H2,1-4H3. The number of hydrogen-bond acceptors (Lipinski definition) is 6. The van der Waals surface area contributed by atoms with E-state index in [1.807, 2.05) is 13.8 Å². The van der Waals surface area contributed by atoms with Crippen molar-refractivity contribution in [3.05, 3.63) is 27.3 Å². The number of fused-ring (bicyclic) bond motifs is 1. The smallest absolute Gasteiger partial charge is 0.293 e. The molecule has 22 heavy (non-hydrogen) atoms. The molecule has 0 spiro atoms. The number of benzene rings is 1. The average molecular weight is 308 g/mol. The quantitative estimate of drug-likeness (QED) is 0.376. The molecule has 1 heterocycles. The van der Waals surface area contributed by atoms with Crippen molar-refractivity contribution in [2.75, 3.05) is 25.6 Å². The first-order valence-electron chi connectivity index (χ1n) is 7.04.